The van der Waals surface area contributed by atoms with Crippen LogP contribution < -0.4 is 0 Å². The second kappa shape index (κ2) is 9.92. The fourth-order valence-corrected chi connectivity index (χ4v) is 2.26. The van der Waals surface area contributed by atoms with E-state index in [9.17, 15) is 4.79 Å². The zero-order valence-electron chi connectivity index (χ0n) is 16.0. The maximum atomic E-state index is 12.1. The van der Waals surface area contributed by atoms with Gasteiger partial charge in [0.25, 0.3) is 0 Å². The molecule has 25 heavy (non-hydrogen) atoms. The molecule has 0 aromatic carbocycles. The third-order valence-corrected chi connectivity index (χ3v) is 3.71. The van der Waals surface area contributed by atoms with Crippen LogP contribution in [0.1, 0.15) is 40.5 Å². The van der Waals surface area contributed by atoms with Gasteiger partial charge >= 0.3 is 6.09 Å². The van der Waals surface area contributed by atoms with Crippen LogP contribution in [0, 0.1) is 0 Å². The fourth-order valence-electron chi connectivity index (χ4n) is 2.26. The van der Waals surface area contributed by atoms with Gasteiger partial charge in [-0.05, 0) is 58.3 Å². The summed E-state index contributed by atoms with van der Waals surface area (Å²) in [5, 5.41) is 0. The van der Waals surface area contributed by atoms with Crippen LogP contribution in [-0.2, 0) is 9.47 Å². The third kappa shape index (κ3) is 7.46. The Labute approximate surface area is 152 Å². The first-order valence-corrected chi connectivity index (χ1v) is 8.70. The van der Waals surface area contributed by atoms with Crippen LogP contribution in [0.25, 0.3) is 0 Å². The molecular weight excluding hydrogens is 314 g/mol. The second-order valence-corrected chi connectivity index (χ2v) is 6.91. The minimum absolute atomic E-state index is 0.0612. The molecule has 0 bridgehead atoms. The molecule has 1 unspecified atom stereocenters. The average molecular weight is 345 g/mol. The van der Waals surface area contributed by atoms with Crippen molar-refractivity contribution in [3.8, 4) is 0 Å². The summed E-state index contributed by atoms with van der Waals surface area (Å²) >= 11 is 0. The van der Waals surface area contributed by atoms with E-state index in [1.165, 1.54) is 0 Å². The Morgan fingerprint density at radius 3 is 2.52 bits per heavy atom. The lowest BCUT2D eigenvalue weighted by atomic mass is 10.1. The molecule has 1 amide bonds. The summed E-state index contributed by atoms with van der Waals surface area (Å²) in [5.74, 6) is 0.776. The Morgan fingerprint density at radius 2 is 2.04 bits per heavy atom. The molecule has 0 aromatic heterocycles. The van der Waals surface area contributed by atoms with Crippen molar-refractivity contribution in [2.75, 3.05) is 13.2 Å². The lowest BCUT2D eigenvalue weighted by Crippen LogP contribution is -2.54. The van der Waals surface area contributed by atoms with Gasteiger partial charge in [0.05, 0.1) is 6.04 Å². The van der Waals surface area contributed by atoms with E-state index in [1.54, 1.807) is 11.0 Å². The van der Waals surface area contributed by atoms with Gasteiger partial charge in [-0.25, -0.2) is 4.79 Å². The summed E-state index contributed by atoms with van der Waals surface area (Å²) in [6.07, 6.45) is 12.8. The molecule has 0 saturated carbocycles. The molecule has 0 radical (unpaired) electrons. The molecule has 1 atom stereocenters. The van der Waals surface area contributed by atoms with Crippen LogP contribution in [-0.4, -0.2) is 35.8 Å². The monoisotopic (exact) mass is 345 g/mol. The highest BCUT2D eigenvalue weighted by atomic mass is 16.6. The normalized spacial score (nSPS) is 18.7. The van der Waals surface area contributed by atoms with Crippen LogP contribution >= 0.6 is 0 Å². The van der Waals surface area contributed by atoms with E-state index in [2.05, 4.69) is 13.2 Å². The number of rotatable bonds is 8. The second-order valence-electron chi connectivity index (χ2n) is 6.91. The van der Waals surface area contributed by atoms with Crippen molar-refractivity contribution < 1.29 is 14.3 Å². The van der Waals surface area contributed by atoms with Gasteiger partial charge < -0.3 is 14.4 Å². The molecule has 1 saturated heterocycles. The predicted octanol–water partition coefficient (Wildman–Crippen LogP) is 5.16. The van der Waals surface area contributed by atoms with Gasteiger partial charge in [-0.1, -0.05) is 37.5 Å². The summed E-state index contributed by atoms with van der Waals surface area (Å²) in [6, 6.07) is 0.0612. The summed E-state index contributed by atoms with van der Waals surface area (Å²) < 4.78 is 11.3. The number of likely N-dealkylation sites (tertiary alicyclic amines) is 1. The van der Waals surface area contributed by atoms with Crippen molar-refractivity contribution in [1.82, 2.24) is 4.90 Å². The van der Waals surface area contributed by atoms with Crippen molar-refractivity contribution >= 4 is 6.09 Å². The van der Waals surface area contributed by atoms with E-state index >= 15 is 0 Å². The Hall–Kier alpha value is -2.23. The molecule has 1 heterocycles. The van der Waals surface area contributed by atoms with Crippen molar-refractivity contribution in [3.05, 3.63) is 60.9 Å². The van der Waals surface area contributed by atoms with E-state index in [1.807, 2.05) is 58.1 Å². The van der Waals surface area contributed by atoms with Gasteiger partial charge in [0.1, 0.15) is 18.0 Å². The first-order valence-electron chi connectivity index (χ1n) is 8.70. The molecule has 0 spiro atoms. The number of hydrogen-bond donors (Lipinski definition) is 0. The third-order valence-electron chi connectivity index (χ3n) is 3.71. The van der Waals surface area contributed by atoms with Crippen molar-refractivity contribution in [2.24, 2.45) is 0 Å². The van der Waals surface area contributed by atoms with Gasteiger partial charge in [0.15, 0.2) is 0 Å². The smallest absolute Gasteiger partial charge is 0.410 e. The van der Waals surface area contributed by atoms with E-state index in [4.69, 9.17) is 9.47 Å². The molecular formula is C21H31NO3. The predicted molar refractivity (Wildman–Crippen MR) is 103 cm³/mol. The van der Waals surface area contributed by atoms with Crippen LogP contribution in [0.15, 0.2) is 60.9 Å². The molecule has 0 aromatic rings. The molecule has 1 aliphatic rings. The van der Waals surface area contributed by atoms with Crippen LogP contribution in [0.4, 0.5) is 4.79 Å². The van der Waals surface area contributed by atoms with E-state index in [0.717, 1.165) is 24.2 Å². The lowest BCUT2D eigenvalue weighted by molar-refractivity contribution is -0.0196. The molecule has 4 heteroatoms. The molecule has 0 N–H and O–H groups in total. The van der Waals surface area contributed by atoms with Crippen molar-refractivity contribution in [2.45, 2.75) is 52.2 Å². The fraction of sp³-hybridized carbons (Fsp3) is 0.476. The van der Waals surface area contributed by atoms with Crippen LogP contribution in [0.2, 0.25) is 0 Å². The first-order chi connectivity index (χ1) is 11.8. The van der Waals surface area contributed by atoms with E-state index < -0.39 is 5.60 Å². The van der Waals surface area contributed by atoms with Crippen molar-refractivity contribution in [1.29, 1.82) is 0 Å². The van der Waals surface area contributed by atoms with Gasteiger partial charge in [-0.3, -0.25) is 0 Å². The summed E-state index contributed by atoms with van der Waals surface area (Å²) in [5.41, 5.74) is 0.580. The maximum absolute atomic E-state index is 12.1. The molecule has 1 fully saturated rings. The highest BCUT2D eigenvalue weighted by molar-refractivity contribution is 5.69. The number of nitrogens with zero attached hydrogens (tertiary/aromatic N) is 1. The van der Waals surface area contributed by atoms with Gasteiger partial charge in [-0.2, -0.15) is 0 Å². The molecule has 1 rings (SSSR count). The standard InChI is InChI=1S/C21H31NO3/c1-7-10-11-12-17(8-2)15-19(9-3)24-16-18-13-14-22(18)20(23)25-21(4,5)6/h7-11,15,18H,1-2,12-14,16H2,3-6H3/b11-10+,17-15+,19-9+. The number of carbonyl (C=O) groups excluding carboxylic acids is 1. The molecule has 0 aliphatic carbocycles. The first kappa shape index (κ1) is 20.8. The van der Waals surface area contributed by atoms with E-state index in [0.29, 0.717) is 13.2 Å². The number of hydrogen-bond acceptors (Lipinski definition) is 3. The summed E-state index contributed by atoms with van der Waals surface area (Å²) in [4.78, 5) is 13.9. The minimum atomic E-state index is -0.479. The summed E-state index contributed by atoms with van der Waals surface area (Å²) in [6.45, 7) is 16.2. The lowest BCUT2D eigenvalue weighted by Gasteiger charge is -2.41. The number of amides is 1. The number of ether oxygens (including phenoxy) is 2. The zero-order chi connectivity index (χ0) is 18.9. The Bertz CT molecular complexity index is 564. The number of allylic oxidation sites excluding steroid dienone is 7. The van der Waals surface area contributed by atoms with Crippen LogP contribution in [0.5, 0.6) is 0 Å². The quantitative estimate of drug-likeness (QED) is 0.450. The SMILES string of the molecule is C=C/C=C/C/C(C=C)=C/C(=C\C)OCC1CCN1C(=O)OC(C)(C)C. The summed E-state index contributed by atoms with van der Waals surface area (Å²) in [7, 11) is 0. The zero-order valence-corrected chi connectivity index (χ0v) is 16.0. The topological polar surface area (TPSA) is 38.8 Å². The molecule has 1 aliphatic heterocycles. The highest BCUT2D eigenvalue weighted by Gasteiger charge is 2.35. The minimum Gasteiger partial charge on any atom is -0.492 e. The Morgan fingerprint density at radius 1 is 1.32 bits per heavy atom. The molecule has 138 valence electrons. The Balaban J connectivity index is 2.57. The molecule has 4 nitrogen and oxygen atoms in total. The van der Waals surface area contributed by atoms with Gasteiger partial charge in [0.2, 0.25) is 0 Å². The van der Waals surface area contributed by atoms with Crippen molar-refractivity contribution in [3.63, 3.8) is 0 Å². The van der Waals surface area contributed by atoms with Crippen LogP contribution in [0.3, 0.4) is 0 Å². The maximum Gasteiger partial charge on any atom is 0.410 e. The number of carbonyl (C=O) groups is 1. The Kier molecular flexibility index (Phi) is 8.26. The highest BCUT2D eigenvalue weighted by Crippen LogP contribution is 2.22. The average Bonchev–Trinajstić information content (AvgIpc) is 2.49. The largest absolute Gasteiger partial charge is 0.492 e. The van der Waals surface area contributed by atoms with Gasteiger partial charge in [-0.15, -0.1) is 0 Å². The van der Waals surface area contributed by atoms with Gasteiger partial charge in [0, 0.05) is 6.54 Å². The van der Waals surface area contributed by atoms with E-state index in [-0.39, 0.29) is 12.1 Å².